The summed E-state index contributed by atoms with van der Waals surface area (Å²) < 4.78 is 11.0. The maximum Gasteiger partial charge on any atom is 0.434 e. The number of aryl methyl sites for hydroxylation is 1. The molecule has 2 nitrogen and oxygen atoms in total. The fourth-order valence-electron chi connectivity index (χ4n) is 2.32. The molecule has 2 heteroatoms. The van der Waals surface area contributed by atoms with Crippen LogP contribution in [0, 0.1) is 6.92 Å². The van der Waals surface area contributed by atoms with Gasteiger partial charge >= 0.3 is 11.4 Å². The number of benzene rings is 2. The molecule has 19 heavy (non-hydrogen) atoms. The van der Waals surface area contributed by atoms with E-state index in [0.717, 1.165) is 22.7 Å². The second-order valence-electron chi connectivity index (χ2n) is 5.06. The molecule has 0 N–H and O–H groups in total. The molecule has 0 fully saturated rings. The first-order chi connectivity index (χ1) is 9.13. The Balaban J connectivity index is 1.85. The lowest BCUT2D eigenvalue weighted by atomic mass is 9.92. The van der Waals surface area contributed by atoms with Gasteiger partial charge in [-0.1, -0.05) is 17.7 Å². The summed E-state index contributed by atoms with van der Waals surface area (Å²) in [6.45, 7) is 4.19. The van der Waals surface area contributed by atoms with Gasteiger partial charge in [0.15, 0.2) is 0 Å². The van der Waals surface area contributed by atoms with Crippen LogP contribution in [0.1, 0.15) is 28.0 Å². The average molecular weight is 253 g/mol. The Morgan fingerprint density at radius 1 is 0.947 bits per heavy atom. The van der Waals surface area contributed by atoms with E-state index < -0.39 is 0 Å². The van der Waals surface area contributed by atoms with E-state index in [4.69, 9.17) is 9.16 Å². The highest BCUT2D eigenvalue weighted by Gasteiger charge is 2.65. The van der Waals surface area contributed by atoms with Crippen LogP contribution in [-0.4, -0.2) is 12.9 Å². The third kappa shape index (κ3) is 2.03. The van der Waals surface area contributed by atoms with E-state index in [9.17, 15) is 0 Å². The van der Waals surface area contributed by atoms with Gasteiger partial charge in [-0.25, -0.2) is 4.42 Å². The zero-order valence-corrected chi connectivity index (χ0v) is 11.4. The standard InChI is InChI=1S/C17H17O2/c1-12-4-6-13(7-5-12)16-17(2,19-16)14-8-10-15(18-3)11-9-14/h4-11H,1-3H3/q+1. The lowest BCUT2D eigenvalue weighted by Crippen LogP contribution is -2.12. The van der Waals surface area contributed by atoms with Crippen LogP contribution >= 0.6 is 0 Å². The fraction of sp³-hybridized carbons (Fsp3) is 0.235. The van der Waals surface area contributed by atoms with E-state index in [1.165, 1.54) is 5.56 Å². The van der Waals surface area contributed by atoms with Gasteiger partial charge in [0, 0.05) is 6.92 Å². The number of hydrogen-bond acceptors (Lipinski definition) is 1. The number of hydrogen-bond donors (Lipinski definition) is 0. The van der Waals surface area contributed by atoms with Crippen molar-refractivity contribution in [1.82, 2.24) is 0 Å². The Bertz CT molecular complexity index is 623. The fourth-order valence-corrected chi connectivity index (χ4v) is 2.32. The van der Waals surface area contributed by atoms with Crippen LogP contribution in [0.4, 0.5) is 0 Å². The van der Waals surface area contributed by atoms with E-state index in [1.54, 1.807) is 7.11 Å². The summed E-state index contributed by atoms with van der Waals surface area (Å²) in [5, 5.41) is 0. The smallest absolute Gasteiger partial charge is 0.434 e. The van der Waals surface area contributed by atoms with E-state index >= 15 is 0 Å². The van der Waals surface area contributed by atoms with Gasteiger partial charge in [0.05, 0.1) is 18.2 Å². The van der Waals surface area contributed by atoms with Crippen LogP contribution in [0.5, 0.6) is 5.75 Å². The van der Waals surface area contributed by atoms with Crippen LogP contribution < -0.4 is 4.74 Å². The number of methoxy groups -OCH3 is 1. The first-order valence-electron chi connectivity index (χ1n) is 6.41. The molecule has 0 spiro atoms. The first-order valence-corrected chi connectivity index (χ1v) is 6.41. The zero-order valence-electron chi connectivity index (χ0n) is 11.4. The van der Waals surface area contributed by atoms with Crippen molar-refractivity contribution in [2.24, 2.45) is 0 Å². The molecule has 96 valence electrons. The van der Waals surface area contributed by atoms with Crippen molar-refractivity contribution in [2.75, 3.05) is 7.11 Å². The highest BCUT2D eigenvalue weighted by molar-refractivity contribution is 6.08. The van der Waals surface area contributed by atoms with Crippen LogP contribution in [0.25, 0.3) is 0 Å². The predicted octanol–water partition coefficient (Wildman–Crippen LogP) is 3.65. The summed E-state index contributed by atoms with van der Waals surface area (Å²) in [5.41, 5.74) is 3.28. The van der Waals surface area contributed by atoms with Crippen molar-refractivity contribution in [3.63, 3.8) is 0 Å². The molecule has 0 radical (unpaired) electrons. The maximum absolute atomic E-state index is 5.87. The molecule has 0 bridgehead atoms. The molecule has 0 aromatic heterocycles. The van der Waals surface area contributed by atoms with Crippen LogP contribution in [-0.2, 0) is 5.60 Å². The molecule has 1 aliphatic heterocycles. The minimum Gasteiger partial charge on any atom is -0.497 e. The van der Waals surface area contributed by atoms with Crippen LogP contribution in [0.3, 0.4) is 0 Å². The lowest BCUT2D eigenvalue weighted by molar-refractivity contribution is -0.253. The van der Waals surface area contributed by atoms with Crippen molar-refractivity contribution in [3.05, 3.63) is 65.2 Å². The van der Waals surface area contributed by atoms with E-state index in [2.05, 4.69) is 50.2 Å². The Morgan fingerprint density at radius 2 is 1.58 bits per heavy atom. The van der Waals surface area contributed by atoms with Gasteiger partial charge in [0.25, 0.3) is 0 Å². The van der Waals surface area contributed by atoms with Crippen LogP contribution in [0.2, 0.25) is 0 Å². The Morgan fingerprint density at radius 3 is 2.16 bits per heavy atom. The number of ether oxygens (including phenoxy) is 1. The normalized spacial score (nSPS) is 20.9. The van der Waals surface area contributed by atoms with Crippen molar-refractivity contribution in [3.8, 4) is 5.75 Å². The largest absolute Gasteiger partial charge is 0.497 e. The molecule has 2 aromatic carbocycles. The average Bonchev–Trinajstić information content (AvgIpc) is 3.13. The van der Waals surface area contributed by atoms with Gasteiger partial charge in [0.2, 0.25) is 0 Å². The van der Waals surface area contributed by atoms with Crippen molar-refractivity contribution in [1.29, 1.82) is 0 Å². The molecule has 1 heterocycles. The summed E-state index contributed by atoms with van der Waals surface area (Å²) in [5.74, 6) is 1.91. The molecule has 0 aliphatic carbocycles. The Hall–Kier alpha value is -2.09. The Kier molecular flexibility index (Phi) is 2.67. The molecule has 2 aromatic rings. The van der Waals surface area contributed by atoms with Gasteiger partial charge in [-0.3, -0.25) is 0 Å². The topological polar surface area (TPSA) is 20.5 Å². The molecule has 3 rings (SSSR count). The van der Waals surface area contributed by atoms with Crippen LogP contribution in [0.15, 0.2) is 48.5 Å². The van der Waals surface area contributed by atoms with Crippen molar-refractivity contribution < 1.29 is 9.16 Å². The number of carbonyl (C=O) groups excluding carboxylic acids is 1. The molecule has 0 amide bonds. The second-order valence-corrected chi connectivity index (χ2v) is 5.06. The van der Waals surface area contributed by atoms with Crippen molar-refractivity contribution >= 4 is 5.78 Å². The van der Waals surface area contributed by atoms with E-state index in [0.29, 0.717) is 0 Å². The maximum atomic E-state index is 5.87. The first kappa shape index (κ1) is 12.0. The minimum atomic E-state index is -0.290. The number of ketones is 1. The third-order valence-electron chi connectivity index (χ3n) is 3.65. The quantitative estimate of drug-likeness (QED) is 0.765. The zero-order chi connectivity index (χ0) is 13.5. The van der Waals surface area contributed by atoms with E-state index in [-0.39, 0.29) is 5.60 Å². The summed E-state index contributed by atoms with van der Waals surface area (Å²) in [7, 11) is 1.67. The molecule has 1 unspecified atom stereocenters. The second kappa shape index (κ2) is 4.23. The number of rotatable bonds is 3. The molecule has 1 atom stereocenters. The van der Waals surface area contributed by atoms with Gasteiger partial charge in [-0.15, -0.1) is 0 Å². The predicted molar refractivity (Wildman–Crippen MR) is 75.9 cm³/mol. The van der Waals surface area contributed by atoms with Gasteiger partial charge in [-0.05, 0) is 43.3 Å². The molecule has 0 saturated heterocycles. The summed E-state index contributed by atoms with van der Waals surface area (Å²) >= 11 is 0. The molecule has 0 saturated carbocycles. The summed E-state index contributed by atoms with van der Waals surface area (Å²) in [6, 6.07) is 16.5. The minimum absolute atomic E-state index is 0.290. The highest BCUT2D eigenvalue weighted by atomic mass is 16.5. The van der Waals surface area contributed by atoms with E-state index in [1.807, 2.05) is 12.1 Å². The third-order valence-corrected chi connectivity index (χ3v) is 3.65. The highest BCUT2D eigenvalue weighted by Crippen LogP contribution is 2.41. The SMILES string of the molecule is COc1ccc(C2(C)[O+]=C2c2ccc(C)cc2)cc1. The van der Waals surface area contributed by atoms with Gasteiger partial charge < -0.3 is 4.74 Å². The summed E-state index contributed by atoms with van der Waals surface area (Å²) in [4.78, 5) is 0. The lowest BCUT2D eigenvalue weighted by Gasteiger charge is -2.01. The summed E-state index contributed by atoms with van der Waals surface area (Å²) in [6.07, 6.45) is 0. The molecule has 1 aliphatic rings. The molecular formula is C17H17O2+. The molecular weight excluding hydrogens is 236 g/mol. The Labute approximate surface area is 113 Å². The van der Waals surface area contributed by atoms with Crippen molar-refractivity contribution in [2.45, 2.75) is 19.4 Å². The monoisotopic (exact) mass is 253 g/mol. The van der Waals surface area contributed by atoms with Gasteiger partial charge in [0.1, 0.15) is 5.75 Å². The van der Waals surface area contributed by atoms with Gasteiger partial charge in [-0.2, -0.15) is 0 Å².